The zero-order valence-corrected chi connectivity index (χ0v) is 13.8. The second-order valence-corrected chi connectivity index (χ2v) is 5.89. The zero-order valence-electron chi connectivity index (χ0n) is 12.2. The van der Waals surface area contributed by atoms with Crippen molar-refractivity contribution in [2.75, 3.05) is 5.33 Å². The van der Waals surface area contributed by atoms with E-state index in [0.29, 0.717) is 17.5 Å². The van der Waals surface area contributed by atoms with Gasteiger partial charge in [-0.05, 0) is 17.7 Å². The van der Waals surface area contributed by atoms with Crippen LogP contribution in [0.3, 0.4) is 0 Å². The van der Waals surface area contributed by atoms with Gasteiger partial charge in [0.15, 0.2) is 5.78 Å². The predicted octanol–water partition coefficient (Wildman–Crippen LogP) is 2.86. The highest BCUT2D eigenvalue weighted by Gasteiger charge is 2.42. The number of amides is 2. The van der Waals surface area contributed by atoms with Gasteiger partial charge in [-0.1, -0.05) is 58.4 Å². The van der Waals surface area contributed by atoms with E-state index < -0.39 is 17.9 Å². The van der Waals surface area contributed by atoms with Gasteiger partial charge < -0.3 is 0 Å². The summed E-state index contributed by atoms with van der Waals surface area (Å²) in [7, 11) is 0. The van der Waals surface area contributed by atoms with Crippen molar-refractivity contribution < 1.29 is 14.4 Å². The molecule has 0 aliphatic carbocycles. The summed E-state index contributed by atoms with van der Waals surface area (Å²) >= 11 is 3.15. The number of alkyl halides is 1. The van der Waals surface area contributed by atoms with Gasteiger partial charge in [0.05, 0.1) is 16.5 Å². The first-order valence-corrected chi connectivity index (χ1v) is 8.35. The molecule has 3 rings (SSSR count). The second kappa shape index (κ2) is 6.46. The van der Waals surface area contributed by atoms with E-state index in [1.807, 2.05) is 30.3 Å². The Morgan fingerprint density at radius 3 is 1.96 bits per heavy atom. The summed E-state index contributed by atoms with van der Waals surface area (Å²) < 4.78 is 0. The van der Waals surface area contributed by atoms with Crippen LogP contribution in [0.2, 0.25) is 0 Å². The minimum absolute atomic E-state index is 0.0951. The van der Waals surface area contributed by atoms with Gasteiger partial charge in [-0.15, -0.1) is 0 Å². The standard InChI is InChI=1S/C18H14BrNO3/c19-11-16(21)15(10-12-6-2-1-3-7-12)20-17(22)13-8-4-5-9-14(13)18(20)23/h1-9,15H,10-11H2. The first-order valence-electron chi connectivity index (χ1n) is 7.23. The second-order valence-electron chi connectivity index (χ2n) is 5.33. The number of nitrogens with zero attached hydrogens (tertiary/aromatic N) is 1. The van der Waals surface area contributed by atoms with Crippen LogP contribution in [0.4, 0.5) is 0 Å². The fourth-order valence-electron chi connectivity index (χ4n) is 2.77. The predicted molar refractivity (Wildman–Crippen MR) is 89.7 cm³/mol. The molecule has 0 fully saturated rings. The van der Waals surface area contributed by atoms with E-state index >= 15 is 0 Å². The third-order valence-electron chi connectivity index (χ3n) is 3.91. The van der Waals surface area contributed by atoms with E-state index in [1.165, 1.54) is 0 Å². The lowest BCUT2D eigenvalue weighted by atomic mass is 10.0. The van der Waals surface area contributed by atoms with Gasteiger partial charge >= 0.3 is 0 Å². The number of Topliss-reactive ketones (excluding diaryl/α,β-unsaturated/α-hetero) is 1. The molecule has 0 radical (unpaired) electrons. The Morgan fingerprint density at radius 1 is 0.913 bits per heavy atom. The van der Waals surface area contributed by atoms with Gasteiger partial charge in [-0.2, -0.15) is 0 Å². The summed E-state index contributed by atoms with van der Waals surface area (Å²) in [6.07, 6.45) is 0.316. The van der Waals surface area contributed by atoms with Gasteiger partial charge in [-0.25, -0.2) is 0 Å². The molecule has 1 heterocycles. The normalized spacial score (nSPS) is 14.7. The smallest absolute Gasteiger partial charge is 0.262 e. The van der Waals surface area contributed by atoms with E-state index in [-0.39, 0.29) is 11.1 Å². The molecule has 2 amide bonds. The summed E-state index contributed by atoms with van der Waals surface area (Å²) in [6, 6.07) is 15.2. The Morgan fingerprint density at radius 2 is 1.43 bits per heavy atom. The van der Waals surface area contributed by atoms with Crippen molar-refractivity contribution in [3.63, 3.8) is 0 Å². The molecule has 1 unspecified atom stereocenters. The zero-order chi connectivity index (χ0) is 16.4. The summed E-state index contributed by atoms with van der Waals surface area (Å²) in [4.78, 5) is 38.6. The molecule has 0 saturated heterocycles. The van der Waals surface area contributed by atoms with E-state index in [2.05, 4.69) is 15.9 Å². The van der Waals surface area contributed by atoms with Crippen LogP contribution in [0.25, 0.3) is 0 Å². The number of hydrogen-bond acceptors (Lipinski definition) is 3. The molecule has 0 saturated carbocycles. The van der Waals surface area contributed by atoms with Crippen molar-refractivity contribution in [1.29, 1.82) is 0 Å². The van der Waals surface area contributed by atoms with E-state index in [4.69, 9.17) is 0 Å². The lowest BCUT2D eigenvalue weighted by Gasteiger charge is -2.24. The summed E-state index contributed by atoms with van der Waals surface area (Å²) in [5, 5.41) is 0.0951. The van der Waals surface area contributed by atoms with Crippen molar-refractivity contribution in [3.05, 3.63) is 71.3 Å². The molecule has 1 aliphatic rings. The molecular weight excluding hydrogens is 358 g/mol. The third kappa shape index (κ3) is 2.84. The first-order chi connectivity index (χ1) is 11.1. The summed E-state index contributed by atoms with van der Waals surface area (Å²) in [5.41, 5.74) is 1.62. The molecule has 1 aliphatic heterocycles. The van der Waals surface area contributed by atoms with E-state index in [1.54, 1.807) is 24.3 Å². The Labute approximate surface area is 142 Å². The van der Waals surface area contributed by atoms with E-state index in [0.717, 1.165) is 10.5 Å². The highest BCUT2D eigenvalue weighted by Crippen LogP contribution is 2.26. The number of benzene rings is 2. The SMILES string of the molecule is O=C(CBr)C(Cc1ccccc1)N1C(=O)c2ccccc2C1=O. The Bertz CT molecular complexity index is 738. The quantitative estimate of drug-likeness (QED) is 0.599. The molecule has 0 N–H and O–H groups in total. The minimum Gasteiger partial charge on any atom is -0.296 e. The van der Waals surface area contributed by atoms with Gasteiger partial charge in [0.1, 0.15) is 6.04 Å². The number of imide groups is 1. The molecule has 116 valence electrons. The number of carbonyl (C=O) groups is 3. The maximum atomic E-state index is 12.6. The average molecular weight is 372 g/mol. The van der Waals surface area contributed by atoms with Crippen molar-refractivity contribution in [1.82, 2.24) is 4.90 Å². The van der Waals surface area contributed by atoms with Crippen LogP contribution in [0.5, 0.6) is 0 Å². The topological polar surface area (TPSA) is 54.5 Å². The maximum Gasteiger partial charge on any atom is 0.262 e. The Balaban J connectivity index is 1.97. The number of ketones is 1. The number of halogens is 1. The van der Waals surface area contributed by atoms with Crippen LogP contribution in [-0.2, 0) is 11.2 Å². The van der Waals surface area contributed by atoms with E-state index in [9.17, 15) is 14.4 Å². The van der Waals surface area contributed by atoms with Crippen LogP contribution in [0, 0.1) is 0 Å². The number of fused-ring (bicyclic) bond motifs is 1. The number of hydrogen-bond donors (Lipinski definition) is 0. The van der Waals surface area contributed by atoms with Crippen LogP contribution in [-0.4, -0.2) is 33.9 Å². The largest absolute Gasteiger partial charge is 0.296 e. The fraction of sp³-hybridized carbons (Fsp3) is 0.167. The molecule has 0 bridgehead atoms. The number of rotatable bonds is 5. The third-order valence-corrected chi connectivity index (χ3v) is 4.47. The van der Waals surface area contributed by atoms with Crippen LogP contribution in [0.15, 0.2) is 54.6 Å². The molecular formula is C18H14BrNO3. The molecule has 2 aromatic carbocycles. The molecule has 1 atom stereocenters. The van der Waals surface area contributed by atoms with Gasteiger partial charge in [0, 0.05) is 6.42 Å². The van der Waals surface area contributed by atoms with Crippen molar-refractivity contribution in [3.8, 4) is 0 Å². The van der Waals surface area contributed by atoms with Gasteiger partial charge in [-0.3, -0.25) is 19.3 Å². The lowest BCUT2D eigenvalue weighted by Crippen LogP contribution is -2.46. The van der Waals surface area contributed by atoms with Crippen LogP contribution >= 0.6 is 15.9 Å². The molecule has 2 aromatic rings. The van der Waals surface area contributed by atoms with Crippen LogP contribution < -0.4 is 0 Å². The molecule has 0 aromatic heterocycles. The maximum absolute atomic E-state index is 12.6. The average Bonchev–Trinajstić information content (AvgIpc) is 2.85. The van der Waals surface area contributed by atoms with Crippen molar-refractivity contribution in [2.45, 2.75) is 12.5 Å². The molecule has 23 heavy (non-hydrogen) atoms. The minimum atomic E-state index is -0.802. The lowest BCUT2D eigenvalue weighted by molar-refractivity contribution is -0.120. The fourth-order valence-corrected chi connectivity index (χ4v) is 3.14. The number of carbonyl (C=O) groups excluding carboxylic acids is 3. The van der Waals surface area contributed by atoms with Gasteiger partial charge in [0.2, 0.25) is 0 Å². The van der Waals surface area contributed by atoms with Crippen LogP contribution in [0.1, 0.15) is 26.3 Å². The Hall–Kier alpha value is -2.27. The van der Waals surface area contributed by atoms with Crippen molar-refractivity contribution in [2.24, 2.45) is 0 Å². The first kappa shape index (κ1) is 15.6. The Kier molecular flexibility index (Phi) is 4.39. The molecule has 5 heteroatoms. The summed E-state index contributed by atoms with van der Waals surface area (Å²) in [5.74, 6) is -0.995. The highest BCUT2D eigenvalue weighted by atomic mass is 79.9. The monoisotopic (exact) mass is 371 g/mol. The summed E-state index contributed by atoms with van der Waals surface area (Å²) in [6.45, 7) is 0. The molecule has 4 nitrogen and oxygen atoms in total. The highest BCUT2D eigenvalue weighted by molar-refractivity contribution is 9.09. The van der Waals surface area contributed by atoms with Gasteiger partial charge in [0.25, 0.3) is 11.8 Å². The van der Waals surface area contributed by atoms with Crippen molar-refractivity contribution >= 4 is 33.5 Å². The molecule has 0 spiro atoms.